The van der Waals surface area contributed by atoms with E-state index in [9.17, 15) is 13.2 Å². The van der Waals surface area contributed by atoms with Gasteiger partial charge in [0.2, 0.25) is 10.0 Å². The van der Waals surface area contributed by atoms with Gasteiger partial charge in [-0.25, -0.2) is 13.4 Å². The number of para-hydroxylation sites is 2. The lowest BCUT2D eigenvalue weighted by Gasteiger charge is -2.28. The molecule has 2 heterocycles. The van der Waals surface area contributed by atoms with Crippen molar-refractivity contribution >= 4 is 44.3 Å². The summed E-state index contributed by atoms with van der Waals surface area (Å²) in [5.74, 6) is 0.826. The van der Waals surface area contributed by atoms with Gasteiger partial charge in [-0.3, -0.25) is 9.10 Å². The van der Waals surface area contributed by atoms with Crippen LogP contribution in [-0.2, 0) is 10.0 Å². The van der Waals surface area contributed by atoms with E-state index in [1.807, 2.05) is 24.3 Å². The second kappa shape index (κ2) is 9.11. The first kappa shape index (κ1) is 22.6. The fraction of sp³-hybridized carbons (Fsp3) is 0.391. The molecule has 1 unspecified atom stereocenters. The zero-order chi connectivity index (χ0) is 22.9. The van der Waals surface area contributed by atoms with Gasteiger partial charge >= 0.3 is 0 Å². The molecule has 3 aromatic rings. The van der Waals surface area contributed by atoms with Crippen LogP contribution >= 0.6 is 11.6 Å². The number of aromatic amines is 1. The number of sulfonamides is 1. The highest BCUT2D eigenvalue weighted by molar-refractivity contribution is 7.92. The van der Waals surface area contributed by atoms with Gasteiger partial charge in [0.05, 0.1) is 39.1 Å². The van der Waals surface area contributed by atoms with E-state index in [0.717, 1.165) is 17.5 Å². The van der Waals surface area contributed by atoms with Crippen LogP contribution < -0.4 is 9.62 Å². The highest BCUT2D eigenvalue weighted by Crippen LogP contribution is 2.29. The van der Waals surface area contributed by atoms with Crippen molar-refractivity contribution in [1.29, 1.82) is 0 Å². The predicted octanol–water partition coefficient (Wildman–Crippen LogP) is 4.66. The normalized spacial score (nSPS) is 16.9. The summed E-state index contributed by atoms with van der Waals surface area (Å²) in [6.07, 6.45) is 2.16. The number of aromatic nitrogens is 2. The number of amides is 1. The van der Waals surface area contributed by atoms with Crippen molar-refractivity contribution in [1.82, 2.24) is 15.3 Å². The van der Waals surface area contributed by atoms with Crippen LogP contribution in [0.1, 0.15) is 55.3 Å². The SMILES string of the molecule is CC(C)CC(NC(=O)c1ccc(N2CCCCS2(=O)=O)cc1Cl)c1nc2ccccc2[nH]1. The lowest BCUT2D eigenvalue weighted by molar-refractivity contribution is 0.0930. The number of carbonyl (C=O) groups excluding carboxylic acids is 1. The fourth-order valence-electron chi connectivity index (χ4n) is 4.01. The largest absolute Gasteiger partial charge is 0.342 e. The van der Waals surface area contributed by atoms with Crippen molar-refractivity contribution in [2.75, 3.05) is 16.6 Å². The van der Waals surface area contributed by atoms with E-state index in [4.69, 9.17) is 11.6 Å². The molecule has 1 amide bonds. The zero-order valence-corrected chi connectivity index (χ0v) is 19.7. The first-order chi connectivity index (χ1) is 15.2. The van der Waals surface area contributed by atoms with Crippen LogP contribution in [0.25, 0.3) is 11.0 Å². The average molecular weight is 475 g/mol. The molecule has 0 radical (unpaired) electrons. The summed E-state index contributed by atoms with van der Waals surface area (Å²) >= 11 is 6.43. The molecule has 170 valence electrons. The maximum absolute atomic E-state index is 13.1. The van der Waals surface area contributed by atoms with Crippen molar-refractivity contribution in [3.63, 3.8) is 0 Å². The second-order valence-electron chi connectivity index (χ2n) is 8.55. The maximum atomic E-state index is 13.1. The first-order valence-corrected chi connectivity index (χ1v) is 12.8. The lowest BCUT2D eigenvalue weighted by atomic mass is 10.0. The summed E-state index contributed by atoms with van der Waals surface area (Å²) in [4.78, 5) is 21.0. The Bertz CT molecular complexity index is 1210. The number of imidazole rings is 1. The number of rotatable bonds is 6. The Labute approximate surface area is 193 Å². The molecule has 0 bridgehead atoms. The molecule has 1 atom stereocenters. The number of halogens is 1. The van der Waals surface area contributed by atoms with Crippen molar-refractivity contribution in [3.8, 4) is 0 Å². The van der Waals surface area contributed by atoms with E-state index in [0.29, 0.717) is 42.4 Å². The van der Waals surface area contributed by atoms with Crippen molar-refractivity contribution < 1.29 is 13.2 Å². The number of nitrogens with zero attached hydrogens (tertiary/aromatic N) is 2. The summed E-state index contributed by atoms with van der Waals surface area (Å²) in [5.41, 5.74) is 2.54. The average Bonchev–Trinajstić information content (AvgIpc) is 3.17. The van der Waals surface area contributed by atoms with Gasteiger partial charge < -0.3 is 10.3 Å². The smallest absolute Gasteiger partial charge is 0.253 e. The van der Waals surface area contributed by atoms with Gasteiger partial charge in [0.1, 0.15) is 5.82 Å². The summed E-state index contributed by atoms with van der Waals surface area (Å²) in [7, 11) is -3.35. The van der Waals surface area contributed by atoms with E-state index in [2.05, 4.69) is 29.1 Å². The molecule has 2 N–H and O–H groups in total. The van der Waals surface area contributed by atoms with E-state index >= 15 is 0 Å². The Morgan fingerprint density at radius 2 is 2.00 bits per heavy atom. The molecule has 7 nitrogen and oxygen atoms in total. The van der Waals surface area contributed by atoms with Gasteiger partial charge in [0.15, 0.2) is 0 Å². The van der Waals surface area contributed by atoms with Gasteiger partial charge in [-0.15, -0.1) is 0 Å². The molecular weight excluding hydrogens is 448 g/mol. The Morgan fingerprint density at radius 1 is 1.22 bits per heavy atom. The van der Waals surface area contributed by atoms with Crippen molar-refractivity contribution in [3.05, 3.63) is 58.9 Å². The molecule has 0 saturated carbocycles. The zero-order valence-electron chi connectivity index (χ0n) is 18.1. The van der Waals surface area contributed by atoms with E-state index in [1.165, 1.54) is 4.31 Å². The highest BCUT2D eigenvalue weighted by Gasteiger charge is 2.27. The number of H-pyrrole nitrogens is 1. The maximum Gasteiger partial charge on any atom is 0.253 e. The topological polar surface area (TPSA) is 95.2 Å². The summed E-state index contributed by atoms with van der Waals surface area (Å²) in [5, 5.41) is 3.27. The predicted molar refractivity (Wildman–Crippen MR) is 128 cm³/mol. The monoisotopic (exact) mass is 474 g/mol. The van der Waals surface area contributed by atoms with E-state index in [-0.39, 0.29) is 22.7 Å². The number of anilines is 1. The summed E-state index contributed by atoms with van der Waals surface area (Å²) < 4.78 is 26.1. The molecule has 9 heteroatoms. The fourth-order valence-corrected chi connectivity index (χ4v) is 5.90. The molecule has 4 rings (SSSR count). The van der Waals surface area contributed by atoms with Crippen LogP contribution in [0.3, 0.4) is 0 Å². The Kier molecular flexibility index (Phi) is 6.44. The van der Waals surface area contributed by atoms with Gasteiger partial charge in [-0.05, 0) is 55.5 Å². The minimum atomic E-state index is -3.35. The number of hydrogen-bond donors (Lipinski definition) is 2. The number of hydrogen-bond acceptors (Lipinski definition) is 4. The third-order valence-corrected chi connectivity index (χ3v) is 7.77. The summed E-state index contributed by atoms with van der Waals surface area (Å²) in [6, 6.07) is 12.2. The third-order valence-electron chi connectivity index (χ3n) is 5.58. The molecule has 2 aromatic carbocycles. The standard InChI is InChI=1S/C23H27ClN4O3S/c1-15(2)13-21(22-25-19-7-3-4-8-20(19)26-22)27-23(29)17-10-9-16(14-18(17)24)28-11-5-6-12-32(28,30)31/h3-4,7-10,14-15,21H,5-6,11-13H2,1-2H3,(H,25,26)(H,27,29). The number of benzene rings is 2. The molecule has 32 heavy (non-hydrogen) atoms. The van der Waals surface area contributed by atoms with Crippen LogP contribution in [0.4, 0.5) is 5.69 Å². The van der Waals surface area contributed by atoms with Crippen molar-refractivity contribution in [2.24, 2.45) is 5.92 Å². The highest BCUT2D eigenvalue weighted by atomic mass is 35.5. The molecule has 1 aliphatic heterocycles. The minimum absolute atomic E-state index is 0.126. The van der Waals surface area contributed by atoms with E-state index < -0.39 is 10.0 Å². The van der Waals surface area contributed by atoms with Crippen molar-refractivity contribution in [2.45, 2.75) is 39.2 Å². The van der Waals surface area contributed by atoms with Crippen LogP contribution in [0.2, 0.25) is 5.02 Å². The van der Waals surface area contributed by atoms with Crippen LogP contribution in [0, 0.1) is 5.92 Å². The minimum Gasteiger partial charge on any atom is -0.342 e. The molecule has 1 aliphatic rings. The van der Waals surface area contributed by atoms with Gasteiger partial charge in [0, 0.05) is 6.54 Å². The molecular formula is C23H27ClN4O3S. The Hall–Kier alpha value is -2.58. The van der Waals surface area contributed by atoms with Gasteiger partial charge in [-0.1, -0.05) is 37.6 Å². The Morgan fingerprint density at radius 3 is 2.69 bits per heavy atom. The van der Waals surface area contributed by atoms with E-state index in [1.54, 1.807) is 18.2 Å². The van der Waals surface area contributed by atoms with Crippen LogP contribution in [-0.4, -0.2) is 36.6 Å². The van der Waals surface area contributed by atoms with Gasteiger partial charge in [0.25, 0.3) is 5.91 Å². The quantitative estimate of drug-likeness (QED) is 0.543. The van der Waals surface area contributed by atoms with Gasteiger partial charge in [-0.2, -0.15) is 0 Å². The van der Waals surface area contributed by atoms with Crippen LogP contribution in [0.5, 0.6) is 0 Å². The second-order valence-corrected chi connectivity index (χ2v) is 11.0. The molecule has 1 aromatic heterocycles. The number of carbonyl (C=O) groups is 1. The third kappa shape index (κ3) is 4.76. The molecule has 0 spiro atoms. The molecule has 1 saturated heterocycles. The lowest BCUT2D eigenvalue weighted by Crippen LogP contribution is -2.38. The number of fused-ring (bicyclic) bond motifs is 1. The first-order valence-electron chi connectivity index (χ1n) is 10.8. The van der Waals surface area contributed by atoms with Crippen LogP contribution in [0.15, 0.2) is 42.5 Å². The Balaban J connectivity index is 1.58. The number of nitrogens with one attached hydrogen (secondary N) is 2. The summed E-state index contributed by atoms with van der Waals surface area (Å²) in [6.45, 7) is 4.60. The molecule has 1 fully saturated rings. The molecule has 0 aliphatic carbocycles.